The first kappa shape index (κ1) is 36.8. The number of ether oxygens (including phenoxy) is 5. The van der Waals surface area contributed by atoms with Crippen LogP contribution in [0, 0.1) is 0 Å². The lowest BCUT2D eigenvalue weighted by molar-refractivity contribution is -0.345. The van der Waals surface area contributed by atoms with Gasteiger partial charge in [0.25, 0.3) is 0 Å². The molecule has 256 valence electrons. The smallest absolute Gasteiger partial charge is 0.394 e. The number of rotatable bonds is 11. The van der Waals surface area contributed by atoms with Gasteiger partial charge in [-0.1, -0.05) is 0 Å². The molecule has 0 aromatic heterocycles. The van der Waals surface area contributed by atoms with Crippen molar-refractivity contribution in [3.05, 3.63) is 0 Å². The maximum Gasteiger partial charge on any atom is 0.397 e. The quantitative estimate of drug-likeness (QED) is 0.0912. The van der Waals surface area contributed by atoms with Gasteiger partial charge in [0.2, 0.25) is 11.8 Å². The summed E-state index contributed by atoms with van der Waals surface area (Å²) in [6.07, 6.45) is -22.7. The average molecular weight is 667 g/mol. The number of aliphatic hydroxyl groups is 8. The van der Waals surface area contributed by atoms with Gasteiger partial charge in [0.15, 0.2) is 18.9 Å². The standard InChI is InChI=1S/C22H38N2O19S/c1-6(26)23-11-16(31)14(29)10(5-39-44(35,36)37)42-21(11)38-4-9-15(30)19(12(20(34)40-9)24-7(2)27)43-22-18(33)17(32)13(28)8(3-25)41-22/h8-22,25,28-34H,3-5H2,1-2H3,(H,23,26)(H,24,27)(H,35,36,37)/t8-,9-,10-,11-,12-,13+,14-,15+,16-,17+,18-,19-,20+,21-,22+/m1/s1. The van der Waals surface area contributed by atoms with Crippen LogP contribution >= 0.6 is 0 Å². The van der Waals surface area contributed by atoms with Gasteiger partial charge in [-0.3, -0.25) is 14.1 Å². The van der Waals surface area contributed by atoms with Crippen LogP contribution in [0.25, 0.3) is 0 Å². The summed E-state index contributed by atoms with van der Waals surface area (Å²) >= 11 is 0. The first-order chi connectivity index (χ1) is 20.4. The first-order valence-corrected chi connectivity index (χ1v) is 14.6. The molecule has 0 saturated carbocycles. The molecule has 3 aliphatic rings. The molecule has 22 heteroatoms. The van der Waals surface area contributed by atoms with Gasteiger partial charge in [-0.05, 0) is 0 Å². The minimum absolute atomic E-state index is 0.707. The molecular weight excluding hydrogens is 628 g/mol. The summed E-state index contributed by atoms with van der Waals surface area (Å²) in [5, 5.41) is 87.3. The zero-order valence-electron chi connectivity index (χ0n) is 23.3. The third-order valence-electron chi connectivity index (χ3n) is 7.08. The maximum atomic E-state index is 11.8. The normalized spacial score (nSPS) is 43.3. The predicted octanol–water partition coefficient (Wildman–Crippen LogP) is -7.46. The summed E-state index contributed by atoms with van der Waals surface area (Å²) in [6, 6.07) is -2.99. The van der Waals surface area contributed by atoms with Crippen molar-refractivity contribution < 1.29 is 91.3 Å². The number of aliphatic hydroxyl groups excluding tert-OH is 8. The molecule has 3 saturated heterocycles. The van der Waals surface area contributed by atoms with E-state index >= 15 is 0 Å². The topological polar surface area (TPSA) is 330 Å². The molecule has 3 heterocycles. The summed E-state index contributed by atoms with van der Waals surface area (Å²) in [5.41, 5.74) is 0. The van der Waals surface area contributed by atoms with Crippen LogP contribution in [0.3, 0.4) is 0 Å². The van der Waals surface area contributed by atoms with Crippen molar-refractivity contribution in [2.24, 2.45) is 0 Å². The molecule has 2 amide bonds. The molecule has 3 rings (SSSR count). The third-order valence-corrected chi connectivity index (χ3v) is 7.51. The van der Waals surface area contributed by atoms with Crippen molar-refractivity contribution >= 4 is 22.2 Å². The number of carbonyl (C=O) groups is 2. The Bertz CT molecular complexity index is 1080. The van der Waals surface area contributed by atoms with Gasteiger partial charge in [-0.25, -0.2) is 4.18 Å². The van der Waals surface area contributed by atoms with E-state index in [1.807, 2.05) is 0 Å². The van der Waals surface area contributed by atoms with E-state index in [1.54, 1.807) is 0 Å². The molecule has 0 spiro atoms. The molecule has 3 fully saturated rings. The Morgan fingerprint density at radius 2 is 1.25 bits per heavy atom. The summed E-state index contributed by atoms with van der Waals surface area (Å²) in [4.78, 5) is 23.6. The molecule has 3 aliphatic heterocycles. The van der Waals surface area contributed by atoms with E-state index in [9.17, 15) is 58.9 Å². The predicted molar refractivity (Wildman–Crippen MR) is 135 cm³/mol. The van der Waals surface area contributed by atoms with Crippen molar-refractivity contribution in [1.82, 2.24) is 10.6 Å². The highest BCUT2D eigenvalue weighted by molar-refractivity contribution is 7.80. The van der Waals surface area contributed by atoms with Gasteiger partial charge in [-0.2, -0.15) is 8.42 Å². The van der Waals surface area contributed by atoms with Gasteiger partial charge in [-0.15, -0.1) is 0 Å². The molecule has 0 unspecified atom stereocenters. The number of carbonyl (C=O) groups excluding carboxylic acids is 2. The maximum absolute atomic E-state index is 11.8. The molecule has 0 aromatic rings. The second-order valence-corrected chi connectivity index (χ2v) is 11.5. The molecule has 0 radical (unpaired) electrons. The molecule has 44 heavy (non-hydrogen) atoms. The second kappa shape index (κ2) is 15.3. The van der Waals surface area contributed by atoms with E-state index in [-0.39, 0.29) is 0 Å². The van der Waals surface area contributed by atoms with Crippen LogP contribution in [0.5, 0.6) is 0 Å². The molecule has 21 nitrogen and oxygen atoms in total. The van der Waals surface area contributed by atoms with Crippen molar-refractivity contribution in [3.63, 3.8) is 0 Å². The second-order valence-electron chi connectivity index (χ2n) is 10.4. The molecular formula is C22H38N2O19S. The van der Waals surface area contributed by atoms with E-state index in [1.165, 1.54) is 0 Å². The van der Waals surface area contributed by atoms with Crippen molar-refractivity contribution in [2.75, 3.05) is 19.8 Å². The third kappa shape index (κ3) is 8.97. The zero-order chi connectivity index (χ0) is 33.1. The molecule has 0 aromatic carbocycles. The summed E-state index contributed by atoms with van der Waals surface area (Å²) in [7, 11) is -4.98. The summed E-state index contributed by atoms with van der Waals surface area (Å²) < 4.78 is 62.3. The minimum Gasteiger partial charge on any atom is -0.394 e. The highest BCUT2D eigenvalue weighted by Crippen LogP contribution is 2.30. The van der Waals surface area contributed by atoms with Crippen LogP contribution in [0.4, 0.5) is 0 Å². The Balaban J connectivity index is 1.80. The van der Waals surface area contributed by atoms with Crippen LogP contribution in [0.15, 0.2) is 0 Å². The largest absolute Gasteiger partial charge is 0.397 e. The molecule has 11 N–H and O–H groups in total. The monoisotopic (exact) mass is 666 g/mol. The van der Waals surface area contributed by atoms with Gasteiger partial charge in [0.1, 0.15) is 73.1 Å². The highest BCUT2D eigenvalue weighted by Gasteiger charge is 2.52. The number of nitrogens with one attached hydrogen (secondary N) is 2. The van der Waals surface area contributed by atoms with Gasteiger partial charge < -0.3 is 75.2 Å². The van der Waals surface area contributed by atoms with E-state index < -0.39 is 134 Å². The van der Waals surface area contributed by atoms with Crippen molar-refractivity contribution in [1.29, 1.82) is 0 Å². The van der Waals surface area contributed by atoms with Crippen LogP contribution in [0.2, 0.25) is 0 Å². The van der Waals surface area contributed by atoms with Crippen LogP contribution in [-0.2, 0) is 47.9 Å². The molecule has 0 bridgehead atoms. The minimum atomic E-state index is -4.98. The van der Waals surface area contributed by atoms with Gasteiger partial charge in [0.05, 0.1) is 19.8 Å². The van der Waals surface area contributed by atoms with E-state index in [0.717, 1.165) is 13.8 Å². The van der Waals surface area contributed by atoms with Crippen LogP contribution < -0.4 is 10.6 Å². The van der Waals surface area contributed by atoms with Crippen molar-refractivity contribution in [2.45, 2.75) is 106 Å². The van der Waals surface area contributed by atoms with Gasteiger partial charge >= 0.3 is 10.4 Å². The van der Waals surface area contributed by atoms with E-state index in [4.69, 9.17) is 28.2 Å². The lowest BCUT2D eigenvalue weighted by atomic mass is 9.95. The van der Waals surface area contributed by atoms with Crippen molar-refractivity contribution in [3.8, 4) is 0 Å². The first-order valence-electron chi connectivity index (χ1n) is 13.2. The highest BCUT2D eigenvalue weighted by atomic mass is 32.3. The number of amides is 2. The Kier molecular flexibility index (Phi) is 12.7. The lowest BCUT2D eigenvalue weighted by Gasteiger charge is -2.47. The molecule has 0 aliphatic carbocycles. The Labute approximate surface area is 250 Å². The number of hydrogen-bond acceptors (Lipinski definition) is 18. The Hall–Kier alpha value is -1.71. The number of hydrogen-bond donors (Lipinski definition) is 11. The fraction of sp³-hybridized carbons (Fsp3) is 0.909. The summed E-state index contributed by atoms with van der Waals surface area (Å²) in [5.74, 6) is -1.41. The average Bonchev–Trinajstić information content (AvgIpc) is 2.93. The fourth-order valence-electron chi connectivity index (χ4n) is 4.90. The summed E-state index contributed by atoms with van der Waals surface area (Å²) in [6.45, 7) is -0.378. The van der Waals surface area contributed by atoms with E-state index in [0.29, 0.717) is 0 Å². The molecule has 15 atom stereocenters. The van der Waals surface area contributed by atoms with E-state index in [2.05, 4.69) is 14.8 Å². The lowest BCUT2D eigenvalue weighted by Crippen LogP contribution is -2.68. The Morgan fingerprint density at radius 3 is 1.82 bits per heavy atom. The SMILES string of the molecule is CC(=O)N[C@@H]1[C@@H](O[C@@H]2O[C@H](CO)[C@H](O)[C@H](O)[C@H]2O)[C@@H](O)[C@@H](CO[C@@H]2O[C@H](COS(=O)(=O)O)[C@@H](O)[C@H](O)[C@H]2NC(C)=O)O[C@@H]1O. The fourth-order valence-corrected chi connectivity index (χ4v) is 5.20. The zero-order valence-corrected chi connectivity index (χ0v) is 24.1. The Morgan fingerprint density at radius 1 is 0.705 bits per heavy atom. The van der Waals surface area contributed by atoms with Crippen LogP contribution in [0.1, 0.15) is 13.8 Å². The van der Waals surface area contributed by atoms with Crippen LogP contribution in [-0.4, -0.2) is 177 Å². The van der Waals surface area contributed by atoms with Gasteiger partial charge in [0, 0.05) is 13.8 Å².